The van der Waals surface area contributed by atoms with Crippen LogP contribution in [0, 0.1) is 20.4 Å². The van der Waals surface area contributed by atoms with Crippen LogP contribution in [0.1, 0.15) is 11.1 Å². The first-order valence-corrected chi connectivity index (χ1v) is 5.25. The van der Waals surface area contributed by atoms with Gasteiger partial charge in [0.1, 0.15) is 0 Å². The van der Waals surface area contributed by atoms with Gasteiger partial charge in [-0.15, -0.1) is 0 Å². The molecule has 0 bridgehead atoms. The van der Waals surface area contributed by atoms with Crippen molar-refractivity contribution in [1.29, 1.82) is 0 Å². The lowest BCUT2D eigenvalue weighted by atomic mass is 10.0. The highest BCUT2D eigenvalue weighted by Gasteiger charge is 2.01. The Labute approximate surface area is 96.2 Å². The average Bonchev–Trinajstić information content (AvgIpc) is 2.28. The van der Waals surface area contributed by atoms with Gasteiger partial charge in [0.15, 0.2) is 5.69 Å². The van der Waals surface area contributed by atoms with Crippen molar-refractivity contribution in [2.75, 3.05) is 0 Å². The molecule has 0 aliphatic heterocycles. The molecule has 1 heteroatoms. The molecule has 0 saturated carbocycles. The third-order valence-corrected chi connectivity index (χ3v) is 2.54. The zero-order valence-electron chi connectivity index (χ0n) is 9.49. The molecular weight excluding hydrogens is 194 g/mol. The second-order valence-electron chi connectivity index (χ2n) is 4.04. The summed E-state index contributed by atoms with van der Waals surface area (Å²) in [5.41, 5.74) is 5.37. The molecule has 0 amide bonds. The van der Waals surface area contributed by atoms with Crippen LogP contribution >= 0.6 is 0 Å². The predicted octanol–water partition coefficient (Wildman–Crippen LogP) is 4.52. The van der Waals surface area contributed by atoms with Gasteiger partial charge >= 0.3 is 0 Å². The molecule has 0 fully saturated rings. The van der Waals surface area contributed by atoms with Gasteiger partial charge in [0.2, 0.25) is 0 Å². The molecule has 2 aromatic carbocycles. The highest BCUT2D eigenvalue weighted by Crippen LogP contribution is 2.26. The van der Waals surface area contributed by atoms with Gasteiger partial charge in [0, 0.05) is 0 Å². The van der Waals surface area contributed by atoms with Gasteiger partial charge in [-0.1, -0.05) is 47.5 Å². The third kappa shape index (κ3) is 2.12. The molecule has 16 heavy (non-hydrogen) atoms. The number of nitrogens with zero attached hydrogens (tertiary/aromatic N) is 1. The fourth-order valence-corrected chi connectivity index (χ4v) is 1.82. The average molecular weight is 207 g/mol. The summed E-state index contributed by atoms with van der Waals surface area (Å²) in [5.74, 6) is 0. The van der Waals surface area contributed by atoms with Crippen LogP contribution < -0.4 is 0 Å². The second-order valence-corrected chi connectivity index (χ2v) is 4.04. The monoisotopic (exact) mass is 207 g/mol. The van der Waals surface area contributed by atoms with E-state index >= 15 is 0 Å². The lowest BCUT2D eigenvalue weighted by Crippen LogP contribution is -1.81. The quantitative estimate of drug-likeness (QED) is 0.605. The maximum Gasteiger partial charge on any atom is 0.188 e. The molecule has 0 saturated heterocycles. The predicted molar refractivity (Wildman–Crippen MR) is 67.6 cm³/mol. The van der Waals surface area contributed by atoms with E-state index in [2.05, 4.69) is 36.0 Å². The van der Waals surface area contributed by atoms with Crippen molar-refractivity contribution in [2.45, 2.75) is 13.8 Å². The Morgan fingerprint density at radius 2 is 1.62 bits per heavy atom. The Bertz CT molecular complexity index is 562. The van der Waals surface area contributed by atoms with Crippen molar-refractivity contribution in [2.24, 2.45) is 0 Å². The Morgan fingerprint density at radius 1 is 0.875 bits per heavy atom. The van der Waals surface area contributed by atoms with E-state index in [0.717, 1.165) is 11.1 Å². The first kappa shape index (κ1) is 10.4. The summed E-state index contributed by atoms with van der Waals surface area (Å²) >= 11 is 0. The lowest BCUT2D eigenvalue weighted by molar-refractivity contribution is 1.44. The van der Waals surface area contributed by atoms with Crippen LogP contribution in [0.3, 0.4) is 0 Å². The van der Waals surface area contributed by atoms with Crippen molar-refractivity contribution in [3.63, 3.8) is 0 Å². The summed E-state index contributed by atoms with van der Waals surface area (Å²) in [5, 5.41) is 0. The van der Waals surface area contributed by atoms with E-state index in [1.54, 1.807) is 0 Å². The molecule has 78 valence electrons. The molecule has 2 rings (SSSR count). The standard InChI is InChI=1S/C15H13N/c1-11-5-4-6-13(7-11)14-8-12(2)9-15(10-14)16-3/h4-10H,1-2H3. The van der Waals surface area contributed by atoms with Gasteiger partial charge in [-0.05, 0) is 31.0 Å². The van der Waals surface area contributed by atoms with Crippen LogP contribution in [-0.2, 0) is 0 Å². The number of benzene rings is 2. The summed E-state index contributed by atoms with van der Waals surface area (Å²) in [6, 6.07) is 14.3. The van der Waals surface area contributed by atoms with E-state index in [-0.39, 0.29) is 0 Å². The molecule has 0 radical (unpaired) electrons. The summed E-state index contributed by atoms with van der Waals surface area (Å²) < 4.78 is 0. The molecular formula is C15H13N. The molecule has 0 aliphatic carbocycles. The first-order chi connectivity index (χ1) is 7.69. The molecule has 0 spiro atoms. The zero-order valence-corrected chi connectivity index (χ0v) is 9.49. The number of hydrogen-bond donors (Lipinski definition) is 0. The van der Waals surface area contributed by atoms with Gasteiger partial charge in [-0.25, -0.2) is 4.85 Å². The highest BCUT2D eigenvalue weighted by atomic mass is 14.6. The maximum absolute atomic E-state index is 7.07. The van der Waals surface area contributed by atoms with Gasteiger partial charge in [0.05, 0.1) is 6.57 Å². The van der Waals surface area contributed by atoms with E-state index in [0.29, 0.717) is 5.69 Å². The van der Waals surface area contributed by atoms with Crippen molar-refractivity contribution in [3.8, 4) is 11.1 Å². The minimum atomic E-state index is 0.705. The van der Waals surface area contributed by atoms with E-state index in [9.17, 15) is 0 Å². The normalized spacial score (nSPS) is 9.81. The van der Waals surface area contributed by atoms with E-state index in [1.165, 1.54) is 11.1 Å². The van der Waals surface area contributed by atoms with Crippen LogP contribution in [0.5, 0.6) is 0 Å². The first-order valence-electron chi connectivity index (χ1n) is 5.25. The SMILES string of the molecule is [C-]#[N+]c1cc(C)cc(-c2cccc(C)c2)c1. The van der Waals surface area contributed by atoms with Crippen LogP contribution in [0.15, 0.2) is 42.5 Å². The molecule has 0 N–H and O–H groups in total. The highest BCUT2D eigenvalue weighted by molar-refractivity contribution is 5.70. The van der Waals surface area contributed by atoms with E-state index in [1.807, 2.05) is 25.1 Å². The Balaban J connectivity index is 2.56. The van der Waals surface area contributed by atoms with E-state index < -0.39 is 0 Å². The summed E-state index contributed by atoms with van der Waals surface area (Å²) in [4.78, 5) is 3.49. The summed E-state index contributed by atoms with van der Waals surface area (Å²) in [6.07, 6.45) is 0. The minimum absolute atomic E-state index is 0.705. The van der Waals surface area contributed by atoms with Crippen LogP contribution in [-0.4, -0.2) is 0 Å². The number of rotatable bonds is 1. The van der Waals surface area contributed by atoms with Gasteiger partial charge in [-0.2, -0.15) is 0 Å². The van der Waals surface area contributed by atoms with Crippen molar-refractivity contribution in [3.05, 3.63) is 65.0 Å². The molecule has 2 aromatic rings. The number of hydrogen-bond acceptors (Lipinski definition) is 0. The third-order valence-electron chi connectivity index (χ3n) is 2.54. The maximum atomic E-state index is 7.07. The molecule has 0 heterocycles. The molecule has 1 nitrogen and oxygen atoms in total. The van der Waals surface area contributed by atoms with Crippen molar-refractivity contribution >= 4 is 5.69 Å². The Hall–Kier alpha value is -2.07. The van der Waals surface area contributed by atoms with Gasteiger partial charge < -0.3 is 0 Å². The van der Waals surface area contributed by atoms with Crippen LogP contribution in [0.25, 0.3) is 16.0 Å². The van der Waals surface area contributed by atoms with Crippen LogP contribution in [0.4, 0.5) is 5.69 Å². The minimum Gasteiger partial charge on any atom is -0.238 e. The number of aryl methyl sites for hydroxylation is 2. The Morgan fingerprint density at radius 3 is 2.31 bits per heavy atom. The largest absolute Gasteiger partial charge is 0.238 e. The van der Waals surface area contributed by atoms with Crippen molar-refractivity contribution < 1.29 is 0 Å². The zero-order chi connectivity index (χ0) is 11.5. The molecule has 0 aliphatic rings. The Kier molecular flexibility index (Phi) is 2.74. The van der Waals surface area contributed by atoms with Gasteiger partial charge in [-0.3, -0.25) is 0 Å². The smallest absolute Gasteiger partial charge is 0.188 e. The second kappa shape index (κ2) is 4.20. The van der Waals surface area contributed by atoms with Gasteiger partial charge in [0.25, 0.3) is 0 Å². The van der Waals surface area contributed by atoms with Crippen LogP contribution in [0.2, 0.25) is 0 Å². The summed E-state index contributed by atoms with van der Waals surface area (Å²) in [6.45, 7) is 11.2. The molecule has 0 aromatic heterocycles. The molecule has 0 unspecified atom stereocenters. The molecule has 0 atom stereocenters. The topological polar surface area (TPSA) is 4.36 Å². The lowest BCUT2D eigenvalue weighted by Gasteiger charge is -2.05. The fraction of sp³-hybridized carbons (Fsp3) is 0.133. The fourth-order valence-electron chi connectivity index (χ4n) is 1.82. The van der Waals surface area contributed by atoms with E-state index in [4.69, 9.17) is 6.57 Å². The summed E-state index contributed by atoms with van der Waals surface area (Å²) in [7, 11) is 0. The van der Waals surface area contributed by atoms with Crippen molar-refractivity contribution in [1.82, 2.24) is 0 Å².